The van der Waals surface area contributed by atoms with E-state index in [9.17, 15) is 13.6 Å². The fourth-order valence-electron chi connectivity index (χ4n) is 1.97. The van der Waals surface area contributed by atoms with Gasteiger partial charge in [-0.3, -0.25) is 4.79 Å². The monoisotopic (exact) mass is 386 g/mol. The Bertz CT molecular complexity index is 637. The van der Waals surface area contributed by atoms with Crippen LogP contribution in [0, 0.1) is 5.92 Å². The van der Waals surface area contributed by atoms with Gasteiger partial charge in [-0.05, 0) is 24.1 Å². The Labute approximate surface area is 158 Å². The molecular weight excluding hydrogens is 358 g/mol. The number of methoxy groups -OCH3 is 1. The second kappa shape index (κ2) is 11.2. The lowest BCUT2D eigenvalue weighted by Crippen LogP contribution is -2.44. The summed E-state index contributed by atoms with van der Waals surface area (Å²) in [4.78, 5) is 17.6. The van der Waals surface area contributed by atoms with Crippen molar-refractivity contribution in [1.29, 1.82) is 0 Å². The van der Waals surface area contributed by atoms with E-state index in [1.807, 2.05) is 13.8 Å². The molecule has 0 saturated carbocycles. The maximum atomic E-state index is 12.6. The van der Waals surface area contributed by atoms with Gasteiger partial charge in [-0.15, -0.1) is 0 Å². The Morgan fingerprint density at radius 3 is 2.52 bits per heavy atom. The van der Waals surface area contributed by atoms with E-state index in [0.717, 1.165) is 0 Å². The number of alkyl halides is 2. The van der Waals surface area contributed by atoms with E-state index in [1.165, 1.54) is 24.1 Å². The molecule has 0 radical (unpaired) electrons. The average Bonchev–Trinajstić information content (AvgIpc) is 2.60. The minimum atomic E-state index is -2.93. The highest BCUT2D eigenvalue weighted by molar-refractivity contribution is 5.86. The molecule has 0 saturated heterocycles. The molecule has 152 valence electrons. The first-order valence-electron chi connectivity index (χ1n) is 8.57. The summed E-state index contributed by atoms with van der Waals surface area (Å²) in [5.74, 6) is 1.19. The number of hydrogen-bond donors (Lipinski definition) is 2. The van der Waals surface area contributed by atoms with Gasteiger partial charge in [0.05, 0.1) is 20.2 Å². The van der Waals surface area contributed by atoms with E-state index < -0.39 is 6.61 Å². The van der Waals surface area contributed by atoms with Crippen molar-refractivity contribution in [2.75, 3.05) is 34.3 Å². The molecule has 0 aliphatic carbocycles. The molecular formula is C18H28F2N4O3. The molecule has 9 heteroatoms. The van der Waals surface area contributed by atoms with Crippen LogP contribution in [0.3, 0.4) is 0 Å². The number of ether oxygens (including phenoxy) is 2. The topological polar surface area (TPSA) is 75.2 Å². The van der Waals surface area contributed by atoms with Crippen molar-refractivity contribution in [2.45, 2.75) is 27.0 Å². The van der Waals surface area contributed by atoms with Gasteiger partial charge in [0, 0.05) is 26.2 Å². The summed E-state index contributed by atoms with van der Waals surface area (Å²) in [6.07, 6.45) is 0. The van der Waals surface area contributed by atoms with Crippen molar-refractivity contribution in [2.24, 2.45) is 10.9 Å². The van der Waals surface area contributed by atoms with Crippen LogP contribution in [0.25, 0.3) is 0 Å². The molecule has 7 nitrogen and oxygen atoms in total. The highest BCUT2D eigenvalue weighted by Gasteiger charge is 2.12. The van der Waals surface area contributed by atoms with Crippen LogP contribution in [-0.4, -0.2) is 57.7 Å². The zero-order valence-corrected chi connectivity index (χ0v) is 16.4. The van der Waals surface area contributed by atoms with E-state index in [1.54, 1.807) is 20.2 Å². The van der Waals surface area contributed by atoms with E-state index in [4.69, 9.17) is 4.74 Å². The van der Waals surface area contributed by atoms with E-state index >= 15 is 0 Å². The summed E-state index contributed by atoms with van der Waals surface area (Å²) in [7, 11) is 4.80. The first-order valence-corrected chi connectivity index (χ1v) is 8.57. The van der Waals surface area contributed by atoms with Gasteiger partial charge in [0.2, 0.25) is 5.91 Å². The van der Waals surface area contributed by atoms with Gasteiger partial charge in [-0.25, -0.2) is 4.99 Å². The number of hydrogen-bond acceptors (Lipinski definition) is 4. The van der Waals surface area contributed by atoms with Gasteiger partial charge in [-0.2, -0.15) is 8.78 Å². The van der Waals surface area contributed by atoms with Crippen LogP contribution in [0.1, 0.15) is 19.4 Å². The molecule has 0 bridgehead atoms. The fourth-order valence-corrected chi connectivity index (χ4v) is 1.97. The molecule has 0 aliphatic heterocycles. The highest BCUT2D eigenvalue weighted by atomic mass is 19.3. The van der Waals surface area contributed by atoms with E-state index in [-0.39, 0.29) is 24.7 Å². The smallest absolute Gasteiger partial charge is 0.387 e. The number of carbonyl (C=O) groups excluding carboxylic acids is 1. The van der Waals surface area contributed by atoms with Crippen LogP contribution in [-0.2, 0) is 11.3 Å². The molecule has 1 aromatic carbocycles. The lowest BCUT2D eigenvalue weighted by atomic mass is 10.2. The molecule has 1 rings (SSSR count). The van der Waals surface area contributed by atoms with Crippen molar-refractivity contribution < 1.29 is 23.0 Å². The number of amides is 1. The third kappa shape index (κ3) is 8.57. The Morgan fingerprint density at radius 1 is 1.26 bits per heavy atom. The predicted octanol–water partition coefficient (Wildman–Crippen LogP) is 2.08. The normalized spacial score (nSPS) is 11.5. The zero-order valence-electron chi connectivity index (χ0n) is 16.4. The molecule has 0 heterocycles. The van der Waals surface area contributed by atoms with Gasteiger partial charge >= 0.3 is 6.61 Å². The van der Waals surface area contributed by atoms with Crippen LogP contribution in [0.5, 0.6) is 11.5 Å². The number of guanidine groups is 1. The van der Waals surface area contributed by atoms with Crippen LogP contribution in [0.4, 0.5) is 8.78 Å². The first kappa shape index (κ1) is 22.5. The van der Waals surface area contributed by atoms with Crippen LogP contribution in [0.2, 0.25) is 0 Å². The largest absolute Gasteiger partial charge is 0.497 e. The maximum Gasteiger partial charge on any atom is 0.387 e. The maximum absolute atomic E-state index is 12.6. The molecule has 2 N–H and O–H groups in total. The Hall–Kier alpha value is -2.58. The van der Waals surface area contributed by atoms with Crippen LogP contribution < -0.4 is 20.1 Å². The second-order valence-corrected chi connectivity index (χ2v) is 6.43. The third-order valence-corrected chi connectivity index (χ3v) is 3.47. The standard InChI is InChI=1S/C18H28F2N4O3/c1-12(2)9-21-18(23-11-16(25)24(3)4)22-10-13-8-14(26-5)6-7-15(13)27-17(19)20/h6-8,12,17H,9-11H2,1-5H3,(H2,21,22,23). The number of nitrogens with one attached hydrogen (secondary N) is 2. The molecule has 27 heavy (non-hydrogen) atoms. The number of benzene rings is 1. The summed E-state index contributed by atoms with van der Waals surface area (Å²) in [6.45, 7) is 1.91. The molecule has 1 aromatic rings. The Morgan fingerprint density at radius 2 is 1.96 bits per heavy atom. The number of aliphatic imine (C=N–C) groups is 1. The number of rotatable bonds is 9. The van der Waals surface area contributed by atoms with Gasteiger partial charge in [0.15, 0.2) is 5.96 Å². The number of carbonyl (C=O) groups is 1. The number of nitrogens with zero attached hydrogens (tertiary/aromatic N) is 2. The summed E-state index contributed by atoms with van der Waals surface area (Å²) in [5, 5.41) is 6.06. The molecule has 0 atom stereocenters. The lowest BCUT2D eigenvalue weighted by Gasteiger charge is -2.16. The van der Waals surface area contributed by atoms with Gasteiger partial charge in [0.1, 0.15) is 11.5 Å². The van der Waals surface area contributed by atoms with Gasteiger partial charge in [0.25, 0.3) is 0 Å². The minimum Gasteiger partial charge on any atom is -0.497 e. The summed E-state index contributed by atoms with van der Waals surface area (Å²) in [6, 6.07) is 4.54. The van der Waals surface area contributed by atoms with Gasteiger partial charge < -0.3 is 25.0 Å². The third-order valence-electron chi connectivity index (χ3n) is 3.47. The molecule has 1 amide bonds. The molecule has 0 aromatic heterocycles. The van der Waals surface area contributed by atoms with Crippen molar-refractivity contribution >= 4 is 11.9 Å². The SMILES string of the molecule is COc1ccc(OC(F)F)c(CN=C(NCC(=O)N(C)C)NCC(C)C)c1. The summed E-state index contributed by atoms with van der Waals surface area (Å²) < 4.78 is 34.9. The van der Waals surface area contributed by atoms with Crippen molar-refractivity contribution in [3.8, 4) is 11.5 Å². The highest BCUT2D eigenvalue weighted by Crippen LogP contribution is 2.26. The van der Waals surface area contributed by atoms with Crippen molar-refractivity contribution in [1.82, 2.24) is 15.5 Å². The quantitative estimate of drug-likeness (QED) is 0.502. The van der Waals surface area contributed by atoms with Crippen molar-refractivity contribution in [3.63, 3.8) is 0 Å². The second-order valence-electron chi connectivity index (χ2n) is 6.43. The van der Waals surface area contributed by atoms with Gasteiger partial charge in [-0.1, -0.05) is 13.8 Å². The molecule has 0 fully saturated rings. The summed E-state index contributed by atoms with van der Waals surface area (Å²) in [5.41, 5.74) is 0.444. The van der Waals surface area contributed by atoms with E-state index in [0.29, 0.717) is 29.7 Å². The minimum absolute atomic E-state index is 0.0297. The Balaban J connectivity index is 2.96. The molecule has 0 aliphatic rings. The van der Waals surface area contributed by atoms with E-state index in [2.05, 4.69) is 20.4 Å². The van der Waals surface area contributed by atoms with Crippen LogP contribution in [0.15, 0.2) is 23.2 Å². The summed E-state index contributed by atoms with van der Waals surface area (Å²) >= 11 is 0. The number of likely N-dealkylation sites (N-methyl/N-ethyl adjacent to an activating group) is 1. The predicted molar refractivity (Wildman–Crippen MR) is 100 cm³/mol. The van der Waals surface area contributed by atoms with Crippen LogP contribution >= 0.6 is 0 Å². The lowest BCUT2D eigenvalue weighted by molar-refractivity contribution is -0.127. The molecule has 0 unspecified atom stereocenters. The molecule has 0 spiro atoms. The fraction of sp³-hybridized carbons (Fsp3) is 0.556. The number of halogens is 2. The van der Waals surface area contributed by atoms with Crippen molar-refractivity contribution in [3.05, 3.63) is 23.8 Å². The Kier molecular flexibility index (Phi) is 9.32. The average molecular weight is 386 g/mol. The zero-order chi connectivity index (χ0) is 20.4. The first-order chi connectivity index (χ1) is 12.7.